The summed E-state index contributed by atoms with van der Waals surface area (Å²) in [5.74, 6) is 0.246. The van der Waals surface area contributed by atoms with Gasteiger partial charge in [0.15, 0.2) is 0 Å². The van der Waals surface area contributed by atoms with E-state index in [-0.39, 0.29) is 5.75 Å². The van der Waals surface area contributed by atoms with Crippen LogP contribution in [0.3, 0.4) is 0 Å². The third kappa shape index (κ3) is 2.06. The number of hydrogen-bond acceptors (Lipinski definition) is 2. The lowest BCUT2D eigenvalue weighted by atomic mass is 10.1. The van der Waals surface area contributed by atoms with Crippen LogP contribution >= 0.6 is 0 Å². The van der Waals surface area contributed by atoms with E-state index in [0.717, 1.165) is 17.7 Å². The first kappa shape index (κ1) is 10.7. The van der Waals surface area contributed by atoms with Crippen molar-refractivity contribution in [2.45, 2.75) is 20.3 Å². The first-order valence-electron chi connectivity index (χ1n) is 5.46. The van der Waals surface area contributed by atoms with Crippen LogP contribution in [-0.2, 0) is 6.42 Å². The van der Waals surface area contributed by atoms with Crippen molar-refractivity contribution in [2.24, 2.45) is 0 Å². The number of aromatic nitrogens is 1. The van der Waals surface area contributed by atoms with Crippen LogP contribution < -0.4 is 0 Å². The fourth-order valence-electron chi connectivity index (χ4n) is 1.67. The average Bonchev–Trinajstić information content (AvgIpc) is 2.33. The Morgan fingerprint density at radius 2 is 2.00 bits per heavy atom. The van der Waals surface area contributed by atoms with Crippen LogP contribution in [-0.4, -0.2) is 10.1 Å². The maximum atomic E-state index is 9.43. The van der Waals surface area contributed by atoms with E-state index < -0.39 is 0 Å². The van der Waals surface area contributed by atoms with Crippen LogP contribution in [0.2, 0.25) is 0 Å². The molecule has 0 radical (unpaired) electrons. The summed E-state index contributed by atoms with van der Waals surface area (Å²) in [5, 5.41) is 9.43. The zero-order valence-corrected chi connectivity index (χ0v) is 9.57. The van der Waals surface area contributed by atoms with Gasteiger partial charge in [0, 0.05) is 5.56 Å². The summed E-state index contributed by atoms with van der Waals surface area (Å²) in [6.45, 7) is 3.94. The normalized spacial score (nSPS) is 10.4. The molecule has 16 heavy (non-hydrogen) atoms. The molecule has 1 aromatic carbocycles. The second-order valence-electron chi connectivity index (χ2n) is 3.85. The standard InChI is InChI=1S/C14H15NO/c1-3-11-5-4-6-12(9-11)13-7-8-14(16)10(2)15-13/h4-9,16H,3H2,1-2H3. The first-order chi connectivity index (χ1) is 7.70. The van der Waals surface area contributed by atoms with Crippen LogP contribution in [0.15, 0.2) is 36.4 Å². The van der Waals surface area contributed by atoms with Gasteiger partial charge in [0.25, 0.3) is 0 Å². The molecule has 2 rings (SSSR count). The second kappa shape index (κ2) is 4.35. The lowest BCUT2D eigenvalue weighted by molar-refractivity contribution is 0.468. The minimum Gasteiger partial charge on any atom is -0.506 e. The van der Waals surface area contributed by atoms with Gasteiger partial charge in [-0.1, -0.05) is 25.1 Å². The quantitative estimate of drug-likeness (QED) is 0.830. The van der Waals surface area contributed by atoms with Gasteiger partial charge in [0.1, 0.15) is 5.75 Å². The van der Waals surface area contributed by atoms with Crippen molar-refractivity contribution in [3.8, 4) is 17.0 Å². The lowest BCUT2D eigenvalue weighted by Gasteiger charge is -2.05. The highest BCUT2D eigenvalue weighted by atomic mass is 16.3. The molecule has 0 atom stereocenters. The van der Waals surface area contributed by atoms with Gasteiger partial charge in [-0.2, -0.15) is 0 Å². The van der Waals surface area contributed by atoms with Crippen molar-refractivity contribution >= 4 is 0 Å². The van der Waals surface area contributed by atoms with Crippen molar-refractivity contribution < 1.29 is 5.11 Å². The summed E-state index contributed by atoms with van der Waals surface area (Å²) >= 11 is 0. The highest BCUT2D eigenvalue weighted by Gasteiger charge is 2.03. The predicted octanol–water partition coefficient (Wildman–Crippen LogP) is 3.33. The summed E-state index contributed by atoms with van der Waals surface area (Å²) in [6, 6.07) is 11.9. The molecule has 0 saturated heterocycles. The van der Waals surface area contributed by atoms with E-state index in [2.05, 4.69) is 24.0 Å². The number of benzene rings is 1. The highest BCUT2D eigenvalue weighted by molar-refractivity contribution is 5.61. The van der Waals surface area contributed by atoms with E-state index in [1.165, 1.54) is 5.56 Å². The zero-order chi connectivity index (χ0) is 11.5. The first-order valence-corrected chi connectivity index (χ1v) is 5.46. The van der Waals surface area contributed by atoms with Gasteiger partial charge in [-0.25, -0.2) is 4.98 Å². The molecule has 0 bridgehead atoms. The Bertz CT molecular complexity index is 506. The summed E-state index contributed by atoms with van der Waals surface area (Å²) in [6.07, 6.45) is 1.02. The van der Waals surface area contributed by atoms with Gasteiger partial charge in [-0.3, -0.25) is 0 Å². The molecule has 0 unspecified atom stereocenters. The molecule has 82 valence electrons. The molecule has 0 amide bonds. The third-order valence-electron chi connectivity index (χ3n) is 2.69. The van der Waals surface area contributed by atoms with E-state index in [9.17, 15) is 5.11 Å². The lowest BCUT2D eigenvalue weighted by Crippen LogP contribution is -1.88. The highest BCUT2D eigenvalue weighted by Crippen LogP contribution is 2.22. The number of pyridine rings is 1. The Kier molecular flexibility index (Phi) is 2.91. The summed E-state index contributed by atoms with van der Waals surface area (Å²) < 4.78 is 0. The molecule has 0 fully saturated rings. The van der Waals surface area contributed by atoms with Crippen molar-refractivity contribution in [3.63, 3.8) is 0 Å². The van der Waals surface area contributed by atoms with Gasteiger partial charge < -0.3 is 5.11 Å². The van der Waals surface area contributed by atoms with Crippen LogP contribution in [0.5, 0.6) is 5.75 Å². The van der Waals surface area contributed by atoms with Gasteiger partial charge in [0.2, 0.25) is 0 Å². The van der Waals surface area contributed by atoms with E-state index in [1.807, 2.05) is 25.1 Å². The number of aryl methyl sites for hydroxylation is 2. The molecule has 0 aliphatic heterocycles. The van der Waals surface area contributed by atoms with Gasteiger partial charge in [-0.15, -0.1) is 0 Å². The molecular formula is C14H15NO. The topological polar surface area (TPSA) is 33.1 Å². The average molecular weight is 213 g/mol. The molecule has 1 heterocycles. The van der Waals surface area contributed by atoms with Crippen molar-refractivity contribution in [2.75, 3.05) is 0 Å². The van der Waals surface area contributed by atoms with Crippen LogP contribution in [0.25, 0.3) is 11.3 Å². The van der Waals surface area contributed by atoms with E-state index in [0.29, 0.717) is 5.69 Å². The maximum absolute atomic E-state index is 9.43. The molecule has 1 aromatic heterocycles. The molecule has 0 aliphatic rings. The smallest absolute Gasteiger partial charge is 0.136 e. The Morgan fingerprint density at radius 3 is 2.69 bits per heavy atom. The Labute approximate surface area is 95.6 Å². The summed E-state index contributed by atoms with van der Waals surface area (Å²) in [4.78, 5) is 4.37. The minimum atomic E-state index is 0.246. The summed E-state index contributed by atoms with van der Waals surface area (Å²) in [7, 11) is 0. The molecule has 0 saturated carbocycles. The van der Waals surface area contributed by atoms with Gasteiger partial charge in [-0.05, 0) is 37.1 Å². The Morgan fingerprint density at radius 1 is 1.19 bits per heavy atom. The largest absolute Gasteiger partial charge is 0.506 e. The van der Waals surface area contributed by atoms with Crippen molar-refractivity contribution in [3.05, 3.63) is 47.7 Å². The molecule has 2 nitrogen and oxygen atoms in total. The minimum absolute atomic E-state index is 0.246. The molecule has 2 heteroatoms. The molecule has 0 aliphatic carbocycles. The molecule has 1 N–H and O–H groups in total. The molecular weight excluding hydrogens is 198 g/mol. The molecule has 2 aromatic rings. The Balaban J connectivity index is 2.46. The number of nitrogens with zero attached hydrogens (tertiary/aromatic N) is 1. The van der Waals surface area contributed by atoms with Crippen LogP contribution in [0.1, 0.15) is 18.2 Å². The van der Waals surface area contributed by atoms with Crippen LogP contribution in [0, 0.1) is 6.92 Å². The van der Waals surface area contributed by atoms with E-state index >= 15 is 0 Å². The monoisotopic (exact) mass is 213 g/mol. The summed E-state index contributed by atoms with van der Waals surface area (Å²) in [5.41, 5.74) is 3.97. The van der Waals surface area contributed by atoms with Gasteiger partial charge in [0.05, 0.1) is 11.4 Å². The Hall–Kier alpha value is -1.83. The number of rotatable bonds is 2. The number of aromatic hydroxyl groups is 1. The third-order valence-corrected chi connectivity index (χ3v) is 2.69. The van der Waals surface area contributed by atoms with Crippen molar-refractivity contribution in [1.82, 2.24) is 4.98 Å². The van der Waals surface area contributed by atoms with Gasteiger partial charge >= 0.3 is 0 Å². The maximum Gasteiger partial charge on any atom is 0.136 e. The van der Waals surface area contributed by atoms with Crippen LogP contribution in [0.4, 0.5) is 0 Å². The van der Waals surface area contributed by atoms with Crippen molar-refractivity contribution in [1.29, 1.82) is 0 Å². The zero-order valence-electron chi connectivity index (χ0n) is 9.57. The predicted molar refractivity (Wildman–Crippen MR) is 65.5 cm³/mol. The molecule has 0 spiro atoms. The number of hydrogen-bond donors (Lipinski definition) is 1. The van der Waals surface area contributed by atoms with E-state index in [1.54, 1.807) is 6.07 Å². The SMILES string of the molecule is CCc1cccc(-c2ccc(O)c(C)n2)c1. The fraction of sp³-hybridized carbons (Fsp3) is 0.214. The van der Waals surface area contributed by atoms with E-state index in [4.69, 9.17) is 0 Å². The fourth-order valence-corrected chi connectivity index (χ4v) is 1.67. The second-order valence-corrected chi connectivity index (χ2v) is 3.85.